The van der Waals surface area contributed by atoms with E-state index in [4.69, 9.17) is 0 Å². The Hall–Kier alpha value is -2.02. The average molecular weight is 267 g/mol. The first-order chi connectivity index (χ1) is 9.86. The molecule has 1 heteroatoms. The molecule has 106 valence electrons. The van der Waals surface area contributed by atoms with Crippen LogP contribution in [0.25, 0.3) is 22.2 Å². The molecule has 1 aromatic heterocycles. The number of aryl methyl sites for hydroxylation is 1. The standard InChI is InChI=1S/C15H13N.2C2H6/c1-11-13-9-5-6-10-14(13)16-15(11)12-7-3-2-4-8-12;2*1-2/h2-10,16H,1H3;2*1-2H3. The highest BCUT2D eigenvalue weighted by Gasteiger charge is 2.07. The molecule has 0 unspecified atom stereocenters. The highest BCUT2D eigenvalue weighted by molar-refractivity contribution is 5.90. The van der Waals surface area contributed by atoms with E-state index in [0.717, 1.165) is 0 Å². The van der Waals surface area contributed by atoms with Gasteiger partial charge in [0.15, 0.2) is 0 Å². The van der Waals surface area contributed by atoms with Crippen LogP contribution in [-0.4, -0.2) is 4.98 Å². The molecule has 0 amide bonds. The second-order valence-electron chi connectivity index (χ2n) is 4.04. The number of H-pyrrole nitrogens is 1. The Bertz CT molecular complexity index is 621. The molecule has 1 N–H and O–H groups in total. The van der Waals surface area contributed by atoms with Gasteiger partial charge in [-0.25, -0.2) is 0 Å². The van der Waals surface area contributed by atoms with E-state index in [-0.39, 0.29) is 0 Å². The third-order valence-corrected chi connectivity index (χ3v) is 3.03. The lowest BCUT2D eigenvalue weighted by atomic mass is 10.1. The van der Waals surface area contributed by atoms with Gasteiger partial charge in [-0.1, -0.05) is 76.2 Å². The summed E-state index contributed by atoms with van der Waals surface area (Å²) >= 11 is 0. The molecular formula is C19H25N. The van der Waals surface area contributed by atoms with Crippen molar-refractivity contribution in [1.82, 2.24) is 4.98 Å². The minimum Gasteiger partial charge on any atom is -0.354 e. The van der Waals surface area contributed by atoms with E-state index < -0.39 is 0 Å². The van der Waals surface area contributed by atoms with Crippen LogP contribution >= 0.6 is 0 Å². The quantitative estimate of drug-likeness (QED) is 0.540. The van der Waals surface area contributed by atoms with Gasteiger partial charge >= 0.3 is 0 Å². The lowest BCUT2D eigenvalue weighted by molar-refractivity contribution is 1.41. The normalized spacial score (nSPS) is 9.25. The fourth-order valence-corrected chi connectivity index (χ4v) is 2.18. The van der Waals surface area contributed by atoms with E-state index in [0.29, 0.717) is 0 Å². The number of rotatable bonds is 1. The molecule has 1 heterocycles. The molecule has 0 fully saturated rings. The van der Waals surface area contributed by atoms with Gasteiger partial charge in [-0.15, -0.1) is 0 Å². The van der Waals surface area contributed by atoms with E-state index >= 15 is 0 Å². The van der Waals surface area contributed by atoms with E-state index in [1.165, 1.54) is 27.7 Å². The number of nitrogens with one attached hydrogen (secondary N) is 1. The Labute approximate surface area is 122 Å². The highest BCUT2D eigenvalue weighted by atomic mass is 14.7. The molecule has 3 aromatic rings. The van der Waals surface area contributed by atoms with Crippen LogP contribution in [0.5, 0.6) is 0 Å². The van der Waals surface area contributed by atoms with Gasteiger partial charge in [0, 0.05) is 16.6 Å². The van der Waals surface area contributed by atoms with Crippen molar-refractivity contribution in [3.8, 4) is 11.3 Å². The number of aromatic nitrogens is 1. The lowest BCUT2D eigenvalue weighted by Crippen LogP contribution is -1.78. The van der Waals surface area contributed by atoms with Crippen LogP contribution in [0, 0.1) is 6.92 Å². The first-order valence-corrected chi connectivity index (χ1v) is 7.49. The molecule has 0 aliphatic carbocycles. The van der Waals surface area contributed by atoms with Crippen LogP contribution in [-0.2, 0) is 0 Å². The van der Waals surface area contributed by atoms with E-state index in [2.05, 4.69) is 60.4 Å². The summed E-state index contributed by atoms with van der Waals surface area (Å²) in [4.78, 5) is 3.48. The Kier molecular flexibility index (Phi) is 6.58. The van der Waals surface area contributed by atoms with Crippen LogP contribution in [0.1, 0.15) is 33.3 Å². The van der Waals surface area contributed by atoms with Crippen LogP contribution in [0.4, 0.5) is 0 Å². The van der Waals surface area contributed by atoms with Crippen molar-refractivity contribution in [1.29, 1.82) is 0 Å². The third kappa shape index (κ3) is 3.30. The maximum atomic E-state index is 3.48. The van der Waals surface area contributed by atoms with Crippen molar-refractivity contribution >= 4 is 10.9 Å². The van der Waals surface area contributed by atoms with Gasteiger partial charge in [-0.05, 0) is 24.1 Å². The van der Waals surface area contributed by atoms with Crippen molar-refractivity contribution in [3.63, 3.8) is 0 Å². The van der Waals surface area contributed by atoms with Crippen LogP contribution < -0.4 is 0 Å². The summed E-state index contributed by atoms with van der Waals surface area (Å²) in [6, 6.07) is 18.9. The van der Waals surface area contributed by atoms with Crippen molar-refractivity contribution in [2.24, 2.45) is 0 Å². The van der Waals surface area contributed by atoms with Gasteiger partial charge in [0.25, 0.3) is 0 Å². The maximum absolute atomic E-state index is 3.48. The molecular weight excluding hydrogens is 242 g/mol. The molecule has 1 nitrogen and oxygen atoms in total. The number of aromatic amines is 1. The van der Waals surface area contributed by atoms with Gasteiger partial charge in [-0.2, -0.15) is 0 Å². The number of para-hydroxylation sites is 1. The molecule has 2 aromatic carbocycles. The third-order valence-electron chi connectivity index (χ3n) is 3.03. The van der Waals surface area contributed by atoms with Crippen LogP contribution in [0.15, 0.2) is 54.6 Å². The van der Waals surface area contributed by atoms with Gasteiger partial charge in [0.05, 0.1) is 0 Å². The summed E-state index contributed by atoms with van der Waals surface area (Å²) in [6.45, 7) is 10.2. The van der Waals surface area contributed by atoms with Gasteiger partial charge in [-0.3, -0.25) is 0 Å². The molecule has 0 atom stereocenters. The summed E-state index contributed by atoms with van der Waals surface area (Å²) in [5.74, 6) is 0. The minimum atomic E-state index is 1.21. The molecule has 0 saturated heterocycles. The first-order valence-electron chi connectivity index (χ1n) is 7.49. The summed E-state index contributed by atoms with van der Waals surface area (Å²) in [5.41, 5.74) is 5.00. The average Bonchev–Trinajstić information content (AvgIpc) is 2.90. The monoisotopic (exact) mass is 267 g/mol. The SMILES string of the molecule is CC.CC.Cc1c(-c2ccccc2)[nH]c2ccccc12. The summed E-state index contributed by atoms with van der Waals surface area (Å²) in [6.07, 6.45) is 0. The Balaban J connectivity index is 0.000000461. The predicted molar refractivity (Wildman–Crippen MR) is 91.2 cm³/mol. The first kappa shape index (κ1) is 16.0. The Morgan fingerprint density at radius 2 is 1.25 bits per heavy atom. The largest absolute Gasteiger partial charge is 0.354 e. The van der Waals surface area contributed by atoms with Gasteiger partial charge in [0.2, 0.25) is 0 Å². The molecule has 20 heavy (non-hydrogen) atoms. The molecule has 0 aliphatic rings. The Morgan fingerprint density at radius 1 is 0.700 bits per heavy atom. The molecule has 0 aliphatic heterocycles. The van der Waals surface area contributed by atoms with Crippen molar-refractivity contribution < 1.29 is 0 Å². The van der Waals surface area contributed by atoms with Crippen LogP contribution in [0.2, 0.25) is 0 Å². The van der Waals surface area contributed by atoms with Crippen LogP contribution in [0.3, 0.4) is 0 Å². The fourth-order valence-electron chi connectivity index (χ4n) is 2.18. The summed E-state index contributed by atoms with van der Waals surface area (Å²) in [5, 5.41) is 1.31. The van der Waals surface area contributed by atoms with Crippen molar-refractivity contribution in [3.05, 3.63) is 60.2 Å². The topological polar surface area (TPSA) is 15.8 Å². The highest BCUT2D eigenvalue weighted by Crippen LogP contribution is 2.28. The lowest BCUT2D eigenvalue weighted by Gasteiger charge is -1.99. The smallest absolute Gasteiger partial charge is 0.0494 e. The van der Waals surface area contributed by atoms with Gasteiger partial charge in [0.1, 0.15) is 0 Å². The zero-order valence-corrected chi connectivity index (χ0v) is 13.2. The van der Waals surface area contributed by atoms with E-state index in [1.54, 1.807) is 0 Å². The van der Waals surface area contributed by atoms with Gasteiger partial charge < -0.3 is 4.98 Å². The molecule has 0 spiro atoms. The second kappa shape index (κ2) is 8.21. The number of hydrogen-bond acceptors (Lipinski definition) is 0. The van der Waals surface area contributed by atoms with E-state index in [1.807, 2.05) is 33.8 Å². The number of hydrogen-bond donors (Lipinski definition) is 1. The summed E-state index contributed by atoms with van der Waals surface area (Å²) < 4.78 is 0. The Morgan fingerprint density at radius 3 is 1.85 bits per heavy atom. The molecule has 0 bridgehead atoms. The zero-order valence-electron chi connectivity index (χ0n) is 13.2. The number of benzene rings is 2. The maximum Gasteiger partial charge on any atom is 0.0494 e. The fraction of sp³-hybridized carbons (Fsp3) is 0.263. The number of fused-ring (bicyclic) bond motifs is 1. The molecule has 0 radical (unpaired) electrons. The second-order valence-corrected chi connectivity index (χ2v) is 4.04. The minimum absolute atomic E-state index is 1.21. The van der Waals surface area contributed by atoms with Crippen molar-refractivity contribution in [2.75, 3.05) is 0 Å². The van der Waals surface area contributed by atoms with Crippen molar-refractivity contribution in [2.45, 2.75) is 34.6 Å². The zero-order chi connectivity index (χ0) is 15.0. The molecule has 0 saturated carbocycles. The summed E-state index contributed by atoms with van der Waals surface area (Å²) in [7, 11) is 0. The van der Waals surface area contributed by atoms with E-state index in [9.17, 15) is 0 Å². The molecule has 3 rings (SSSR count). The predicted octanol–water partition coefficient (Wildman–Crippen LogP) is 6.20.